The molecule has 7 heteroatoms. The highest BCUT2D eigenvalue weighted by atomic mass is 16.1. The zero-order chi connectivity index (χ0) is 15.2. The van der Waals surface area contributed by atoms with Crippen LogP contribution in [0.25, 0.3) is 0 Å². The number of carbonyl (C=O) groups is 1. The molecule has 112 valence electrons. The summed E-state index contributed by atoms with van der Waals surface area (Å²) in [6.45, 7) is 4.54. The van der Waals surface area contributed by atoms with E-state index in [0.717, 1.165) is 11.5 Å². The number of rotatable bonds is 6. The predicted molar refractivity (Wildman–Crippen MR) is 80.8 cm³/mol. The monoisotopic (exact) mass is 288 g/mol. The number of carbonyl (C=O) groups excluding carboxylic acids is 1. The van der Waals surface area contributed by atoms with E-state index in [1.807, 2.05) is 13.8 Å². The minimum atomic E-state index is -0.151. The molecule has 21 heavy (non-hydrogen) atoms. The van der Waals surface area contributed by atoms with Crippen LogP contribution in [0, 0.1) is 0 Å². The number of aromatic nitrogens is 3. The largest absolute Gasteiger partial charge is 0.352 e. The molecule has 0 saturated carbocycles. The van der Waals surface area contributed by atoms with E-state index in [-0.39, 0.29) is 11.8 Å². The van der Waals surface area contributed by atoms with Gasteiger partial charge in [-0.2, -0.15) is 0 Å². The second-order valence-corrected chi connectivity index (χ2v) is 5.01. The van der Waals surface area contributed by atoms with Crippen LogP contribution < -0.4 is 16.6 Å². The van der Waals surface area contributed by atoms with E-state index in [9.17, 15) is 4.79 Å². The number of aromatic amines is 1. The van der Waals surface area contributed by atoms with Crippen LogP contribution in [0.3, 0.4) is 0 Å². The standard InChI is InChI=1S/C14H20N6O/c1-9(2)11-7-10(8-13(19-11)20-15)14(21)18-4-3-12-16-5-6-17-12/h5-9H,3-4,15H2,1-2H3,(H,16,17)(H,18,21)(H,19,20). The highest BCUT2D eigenvalue weighted by Gasteiger charge is 2.11. The molecule has 0 spiro atoms. The number of amides is 1. The van der Waals surface area contributed by atoms with Crippen molar-refractivity contribution in [3.05, 3.63) is 41.6 Å². The zero-order valence-corrected chi connectivity index (χ0v) is 12.2. The van der Waals surface area contributed by atoms with Gasteiger partial charge in [0.25, 0.3) is 5.91 Å². The zero-order valence-electron chi connectivity index (χ0n) is 12.2. The van der Waals surface area contributed by atoms with E-state index in [2.05, 4.69) is 25.7 Å². The van der Waals surface area contributed by atoms with Crippen LogP contribution in [0.4, 0.5) is 5.82 Å². The minimum Gasteiger partial charge on any atom is -0.352 e. The second-order valence-electron chi connectivity index (χ2n) is 5.01. The molecule has 0 radical (unpaired) electrons. The molecule has 0 saturated heterocycles. The SMILES string of the molecule is CC(C)c1cc(C(=O)NCCc2ncc[nH]2)cc(NN)n1. The van der Waals surface area contributed by atoms with Gasteiger partial charge in [-0.05, 0) is 18.1 Å². The summed E-state index contributed by atoms with van der Waals surface area (Å²) in [6.07, 6.45) is 4.10. The minimum absolute atomic E-state index is 0.151. The smallest absolute Gasteiger partial charge is 0.251 e. The van der Waals surface area contributed by atoms with E-state index in [0.29, 0.717) is 24.3 Å². The summed E-state index contributed by atoms with van der Waals surface area (Å²) in [6, 6.07) is 3.42. The summed E-state index contributed by atoms with van der Waals surface area (Å²) in [5.74, 6) is 6.79. The summed E-state index contributed by atoms with van der Waals surface area (Å²) >= 11 is 0. The van der Waals surface area contributed by atoms with Crippen molar-refractivity contribution in [2.75, 3.05) is 12.0 Å². The number of hydrogen-bond acceptors (Lipinski definition) is 5. The Kier molecular flexibility index (Phi) is 4.89. The van der Waals surface area contributed by atoms with Crippen molar-refractivity contribution in [1.29, 1.82) is 0 Å². The van der Waals surface area contributed by atoms with Crippen molar-refractivity contribution < 1.29 is 4.79 Å². The van der Waals surface area contributed by atoms with Crippen LogP contribution in [0.1, 0.15) is 41.6 Å². The van der Waals surface area contributed by atoms with Gasteiger partial charge in [0.15, 0.2) is 0 Å². The van der Waals surface area contributed by atoms with Gasteiger partial charge in [-0.15, -0.1) is 0 Å². The normalized spacial score (nSPS) is 10.7. The topological polar surface area (TPSA) is 109 Å². The van der Waals surface area contributed by atoms with Crippen molar-refractivity contribution in [2.45, 2.75) is 26.2 Å². The number of nitrogens with two attached hydrogens (primary N) is 1. The lowest BCUT2D eigenvalue weighted by Gasteiger charge is -2.11. The fraction of sp³-hybridized carbons (Fsp3) is 0.357. The van der Waals surface area contributed by atoms with Crippen LogP contribution in [-0.4, -0.2) is 27.4 Å². The van der Waals surface area contributed by atoms with Crippen LogP contribution in [0.5, 0.6) is 0 Å². The van der Waals surface area contributed by atoms with E-state index in [4.69, 9.17) is 5.84 Å². The average Bonchev–Trinajstić information content (AvgIpc) is 2.99. The Hall–Kier alpha value is -2.41. The fourth-order valence-electron chi connectivity index (χ4n) is 1.88. The molecule has 2 heterocycles. The fourth-order valence-corrected chi connectivity index (χ4v) is 1.88. The van der Waals surface area contributed by atoms with E-state index in [1.54, 1.807) is 24.5 Å². The number of nitrogens with one attached hydrogen (secondary N) is 3. The van der Waals surface area contributed by atoms with Crippen LogP contribution in [0.2, 0.25) is 0 Å². The Bertz CT molecular complexity index is 594. The quantitative estimate of drug-likeness (QED) is 0.471. The van der Waals surface area contributed by atoms with Crippen LogP contribution >= 0.6 is 0 Å². The molecular formula is C14H20N6O. The lowest BCUT2D eigenvalue weighted by Crippen LogP contribution is -2.26. The van der Waals surface area contributed by atoms with Crippen LogP contribution in [-0.2, 0) is 6.42 Å². The van der Waals surface area contributed by atoms with Crippen molar-refractivity contribution in [1.82, 2.24) is 20.3 Å². The van der Waals surface area contributed by atoms with E-state index in [1.165, 1.54) is 0 Å². The maximum Gasteiger partial charge on any atom is 0.251 e. The van der Waals surface area contributed by atoms with E-state index < -0.39 is 0 Å². The van der Waals surface area contributed by atoms with Gasteiger partial charge in [-0.1, -0.05) is 13.8 Å². The molecule has 2 aromatic rings. The summed E-state index contributed by atoms with van der Waals surface area (Å²) in [5, 5.41) is 2.86. The first-order chi connectivity index (χ1) is 10.1. The maximum atomic E-state index is 12.2. The average molecular weight is 288 g/mol. The summed E-state index contributed by atoms with van der Waals surface area (Å²) in [5.41, 5.74) is 3.85. The molecule has 0 aromatic carbocycles. The first kappa shape index (κ1) is 15.0. The molecule has 1 amide bonds. The van der Waals surface area contributed by atoms with Gasteiger partial charge in [0.2, 0.25) is 0 Å². The molecule has 5 N–H and O–H groups in total. The summed E-state index contributed by atoms with van der Waals surface area (Å²) < 4.78 is 0. The second kappa shape index (κ2) is 6.85. The molecule has 0 unspecified atom stereocenters. The number of hydrogen-bond donors (Lipinski definition) is 4. The summed E-state index contributed by atoms with van der Waals surface area (Å²) in [4.78, 5) is 23.6. The van der Waals surface area contributed by atoms with Gasteiger partial charge >= 0.3 is 0 Å². The Morgan fingerprint density at radius 2 is 2.24 bits per heavy atom. The van der Waals surface area contributed by atoms with Gasteiger partial charge < -0.3 is 15.7 Å². The van der Waals surface area contributed by atoms with Gasteiger partial charge in [-0.25, -0.2) is 15.8 Å². The highest BCUT2D eigenvalue weighted by Crippen LogP contribution is 2.17. The van der Waals surface area contributed by atoms with Gasteiger partial charge in [0.1, 0.15) is 11.6 Å². The molecular weight excluding hydrogens is 268 g/mol. The van der Waals surface area contributed by atoms with Crippen LogP contribution in [0.15, 0.2) is 24.5 Å². The van der Waals surface area contributed by atoms with Gasteiger partial charge in [0.05, 0.1) is 0 Å². The molecule has 0 aliphatic rings. The Morgan fingerprint density at radius 1 is 1.43 bits per heavy atom. The number of H-pyrrole nitrogens is 1. The molecule has 2 aromatic heterocycles. The lowest BCUT2D eigenvalue weighted by molar-refractivity contribution is 0.0954. The first-order valence-corrected chi connectivity index (χ1v) is 6.85. The Labute approximate surface area is 123 Å². The third-order valence-corrected chi connectivity index (χ3v) is 3.05. The maximum absolute atomic E-state index is 12.2. The molecule has 0 bridgehead atoms. The van der Waals surface area contributed by atoms with Gasteiger partial charge in [0, 0.05) is 36.6 Å². The Morgan fingerprint density at radius 3 is 2.86 bits per heavy atom. The third-order valence-electron chi connectivity index (χ3n) is 3.05. The summed E-state index contributed by atoms with van der Waals surface area (Å²) in [7, 11) is 0. The lowest BCUT2D eigenvalue weighted by atomic mass is 10.1. The number of imidazole rings is 1. The molecule has 0 aliphatic carbocycles. The third kappa shape index (κ3) is 4.03. The molecule has 0 aliphatic heterocycles. The molecule has 2 rings (SSSR count). The number of hydrazine groups is 1. The van der Waals surface area contributed by atoms with Crippen molar-refractivity contribution >= 4 is 11.7 Å². The molecule has 0 fully saturated rings. The molecule has 0 atom stereocenters. The Balaban J connectivity index is 2.02. The number of nitrogens with zero attached hydrogens (tertiary/aromatic N) is 2. The highest BCUT2D eigenvalue weighted by molar-refractivity contribution is 5.95. The van der Waals surface area contributed by atoms with Crippen molar-refractivity contribution in [2.24, 2.45) is 5.84 Å². The van der Waals surface area contributed by atoms with Gasteiger partial charge in [-0.3, -0.25) is 4.79 Å². The number of anilines is 1. The number of nitrogen functional groups attached to an aromatic ring is 1. The van der Waals surface area contributed by atoms with E-state index >= 15 is 0 Å². The van der Waals surface area contributed by atoms with Crippen molar-refractivity contribution in [3.8, 4) is 0 Å². The predicted octanol–water partition coefficient (Wildman–Crippen LogP) is 1.19. The van der Waals surface area contributed by atoms with Crippen molar-refractivity contribution in [3.63, 3.8) is 0 Å². The first-order valence-electron chi connectivity index (χ1n) is 6.85. The molecule has 7 nitrogen and oxygen atoms in total. The number of pyridine rings is 1.